The molecule has 0 aromatic carbocycles. The predicted molar refractivity (Wildman–Crippen MR) is 74.6 cm³/mol. The highest BCUT2D eigenvalue weighted by Gasteiger charge is 2.09. The van der Waals surface area contributed by atoms with Crippen molar-refractivity contribution in [2.45, 2.75) is 19.8 Å². The Morgan fingerprint density at radius 3 is 2.48 bits per heavy atom. The minimum absolute atomic E-state index is 0.0448. The maximum atomic E-state index is 11.7. The lowest BCUT2D eigenvalue weighted by Gasteiger charge is -2.12. The van der Waals surface area contributed by atoms with Gasteiger partial charge in [-0.15, -0.1) is 0 Å². The third kappa shape index (κ3) is 4.48. The van der Waals surface area contributed by atoms with Gasteiger partial charge >= 0.3 is 11.7 Å². The third-order valence-electron chi connectivity index (χ3n) is 2.72. The van der Waals surface area contributed by atoms with Crippen molar-refractivity contribution in [3.63, 3.8) is 0 Å². The molecule has 9 nitrogen and oxygen atoms in total. The Morgan fingerprint density at radius 1 is 1.19 bits per heavy atom. The number of ether oxygens (including phenoxy) is 1. The number of esters is 1. The normalized spacial score (nSPS) is 10.0. The molecule has 2 N–H and O–H groups in total. The first-order valence-electron chi connectivity index (χ1n) is 6.34. The summed E-state index contributed by atoms with van der Waals surface area (Å²) in [7, 11) is 2.81. The van der Waals surface area contributed by atoms with Gasteiger partial charge in [0.2, 0.25) is 5.91 Å². The zero-order chi connectivity index (χ0) is 16.0. The summed E-state index contributed by atoms with van der Waals surface area (Å²) >= 11 is 0. The van der Waals surface area contributed by atoms with E-state index < -0.39 is 23.1 Å². The number of rotatable bonds is 6. The third-order valence-corrected chi connectivity index (χ3v) is 2.72. The molecular weight excluding hydrogens is 280 g/mol. The second-order valence-electron chi connectivity index (χ2n) is 4.25. The maximum Gasteiger partial charge on any atom is 0.332 e. The molecule has 0 radical (unpaired) electrons. The molecular formula is C12H18N4O5. The van der Waals surface area contributed by atoms with Crippen molar-refractivity contribution in [1.82, 2.24) is 14.6 Å². The molecule has 0 unspecified atom stereocenters. The molecule has 1 aromatic rings. The lowest BCUT2D eigenvalue weighted by molar-refractivity contribution is -0.144. The SMILES string of the molecule is CCOC(=O)CCC(=O)NNc1cc(=O)n(C)c(=O)n1C. The minimum Gasteiger partial charge on any atom is -0.466 e. The first-order chi connectivity index (χ1) is 9.86. The van der Waals surface area contributed by atoms with Gasteiger partial charge in [0.1, 0.15) is 5.82 Å². The number of hydrogen-bond donors (Lipinski definition) is 2. The van der Waals surface area contributed by atoms with E-state index in [4.69, 9.17) is 0 Å². The van der Waals surface area contributed by atoms with E-state index in [9.17, 15) is 19.2 Å². The standard InChI is InChI=1S/C12H18N4O5/c1-4-21-11(19)6-5-9(17)14-13-8-7-10(18)16(3)12(20)15(8)2/h7,13H,4-6H2,1-3H3,(H,14,17). The molecule has 0 fully saturated rings. The number of anilines is 1. The molecule has 0 aliphatic heterocycles. The highest BCUT2D eigenvalue weighted by atomic mass is 16.5. The number of hydrogen-bond acceptors (Lipinski definition) is 6. The molecule has 9 heteroatoms. The van der Waals surface area contributed by atoms with Gasteiger partial charge in [0.15, 0.2) is 0 Å². The summed E-state index contributed by atoms with van der Waals surface area (Å²) < 4.78 is 6.80. The number of hydrazine groups is 1. The molecule has 1 rings (SSSR count). The van der Waals surface area contributed by atoms with Crippen LogP contribution in [0, 0.1) is 0 Å². The Kier molecular flexibility index (Phi) is 5.70. The van der Waals surface area contributed by atoms with Crippen LogP contribution in [-0.2, 0) is 28.4 Å². The molecule has 0 spiro atoms. The van der Waals surface area contributed by atoms with E-state index in [1.54, 1.807) is 6.92 Å². The smallest absolute Gasteiger partial charge is 0.332 e. The number of nitrogens with one attached hydrogen (secondary N) is 2. The van der Waals surface area contributed by atoms with Crippen molar-refractivity contribution in [3.05, 3.63) is 26.9 Å². The van der Waals surface area contributed by atoms with E-state index >= 15 is 0 Å². The van der Waals surface area contributed by atoms with Crippen molar-refractivity contribution in [2.24, 2.45) is 14.1 Å². The van der Waals surface area contributed by atoms with Crippen LogP contribution in [0.25, 0.3) is 0 Å². The summed E-state index contributed by atoms with van der Waals surface area (Å²) in [6, 6.07) is 1.17. The largest absolute Gasteiger partial charge is 0.466 e. The Labute approximate surface area is 120 Å². The molecule has 0 saturated carbocycles. The topological polar surface area (TPSA) is 111 Å². The van der Waals surface area contributed by atoms with Crippen LogP contribution in [0.2, 0.25) is 0 Å². The minimum atomic E-state index is -0.522. The van der Waals surface area contributed by atoms with Gasteiger partial charge in [0.05, 0.1) is 13.0 Å². The molecule has 0 aliphatic rings. The molecule has 1 aromatic heterocycles. The van der Waals surface area contributed by atoms with Gasteiger partial charge in [-0.05, 0) is 6.92 Å². The summed E-state index contributed by atoms with van der Waals surface area (Å²) in [6.45, 7) is 1.93. The molecule has 0 atom stereocenters. The second-order valence-corrected chi connectivity index (χ2v) is 4.25. The van der Waals surface area contributed by atoms with E-state index in [1.807, 2.05) is 0 Å². The first kappa shape index (κ1) is 16.5. The van der Waals surface area contributed by atoms with E-state index in [2.05, 4.69) is 15.6 Å². The van der Waals surface area contributed by atoms with Crippen LogP contribution in [0.3, 0.4) is 0 Å². The zero-order valence-corrected chi connectivity index (χ0v) is 12.1. The number of amides is 1. The van der Waals surface area contributed by atoms with E-state index in [0.717, 1.165) is 4.57 Å². The monoisotopic (exact) mass is 298 g/mol. The molecule has 1 heterocycles. The Morgan fingerprint density at radius 2 is 1.86 bits per heavy atom. The lowest BCUT2D eigenvalue weighted by Crippen LogP contribution is -2.40. The van der Waals surface area contributed by atoms with Crippen LogP contribution in [-0.4, -0.2) is 27.6 Å². The summed E-state index contributed by atoms with van der Waals surface area (Å²) in [5, 5.41) is 0. The van der Waals surface area contributed by atoms with Crippen LogP contribution in [0.5, 0.6) is 0 Å². The van der Waals surface area contributed by atoms with Crippen molar-refractivity contribution >= 4 is 17.7 Å². The van der Waals surface area contributed by atoms with Gasteiger partial charge in [-0.25, -0.2) is 4.79 Å². The van der Waals surface area contributed by atoms with Crippen LogP contribution in [0.4, 0.5) is 5.82 Å². The summed E-state index contributed by atoms with van der Waals surface area (Å²) in [6.07, 6.45) is -0.110. The molecule has 21 heavy (non-hydrogen) atoms. The first-order valence-corrected chi connectivity index (χ1v) is 6.34. The van der Waals surface area contributed by atoms with Crippen LogP contribution in [0.15, 0.2) is 15.7 Å². The number of nitrogens with zero attached hydrogens (tertiary/aromatic N) is 2. The van der Waals surface area contributed by atoms with E-state index in [1.165, 1.54) is 24.7 Å². The van der Waals surface area contributed by atoms with Crippen molar-refractivity contribution in [3.8, 4) is 0 Å². The quantitative estimate of drug-likeness (QED) is 0.508. The van der Waals surface area contributed by atoms with Crippen molar-refractivity contribution in [1.29, 1.82) is 0 Å². The van der Waals surface area contributed by atoms with Gasteiger partial charge in [0, 0.05) is 26.6 Å². The molecule has 0 bridgehead atoms. The summed E-state index contributed by atoms with van der Waals surface area (Å²) in [5.41, 5.74) is 3.76. The number of aromatic nitrogens is 2. The highest BCUT2D eigenvalue weighted by molar-refractivity contribution is 5.81. The van der Waals surface area contributed by atoms with Gasteiger partial charge in [-0.2, -0.15) is 0 Å². The fourth-order valence-corrected chi connectivity index (χ4v) is 1.50. The average Bonchev–Trinajstić information content (AvgIpc) is 2.45. The molecule has 116 valence electrons. The Balaban J connectivity index is 2.60. The highest BCUT2D eigenvalue weighted by Crippen LogP contribution is 1.97. The molecule has 0 saturated heterocycles. The van der Waals surface area contributed by atoms with E-state index in [0.29, 0.717) is 0 Å². The Hall–Kier alpha value is -2.58. The summed E-state index contributed by atoms with van der Waals surface area (Å²) in [5.74, 6) is -0.780. The molecule has 0 aliphatic carbocycles. The van der Waals surface area contributed by atoms with Gasteiger partial charge in [-0.1, -0.05) is 0 Å². The Bertz CT molecular complexity index is 646. The predicted octanol–water partition coefficient (Wildman–Crippen LogP) is -1.13. The van der Waals surface area contributed by atoms with Crippen LogP contribution >= 0.6 is 0 Å². The van der Waals surface area contributed by atoms with Crippen molar-refractivity contribution < 1.29 is 14.3 Å². The van der Waals surface area contributed by atoms with Crippen LogP contribution in [0.1, 0.15) is 19.8 Å². The lowest BCUT2D eigenvalue weighted by atomic mass is 10.3. The fourth-order valence-electron chi connectivity index (χ4n) is 1.50. The van der Waals surface area contributed by atoms with Crippen molar-refractivity contribution in [2.75, 3.05) is 12.0 Å². The van der Waals surface area contributed by atoms with Gasteiger partial charge in [-0.3, -0.25) is 34.4 Å². The second kappa shape index (κ2) is 7.27. The summed E-state index contributed by atoms with van der Waals surface area (Å²) in [4.78, 5) is 45.7. The zero-order valence-electron chi connectivity index (χ0n) is 12.1. The number of carbonyl (C=O) groups is 2. The van der Waals surface area contributed by atoms with Gasteiger partial charge < -0.3 is 4.74 Å². The molecule has 1 amide bonds. The number of carbonyl (C=O) groups excluding carboxylic acids is 2. The average molecular weight is 298 g/mol. The van der Waals surface area contributed by atoms with Gasteiger partial charge in [0.25, 0.3) is 5.56 Å². The fraction of sp³-hybridized carbons (Fsp3) is 0.500. The van der Waals surface area contributed by atoms with Crippen LogP contribution < -0.4 is 22.1 Å². The van der Waals surface area contributed by atoms with E-state index in [-0.39, 0.29) is 25.3 Å². The maximum absolute atomic E-state index is 11.7.